The standard InChI is InChI=1S/C50H55F2N9O7/c1-3-37-40(51)11-10-34-24-36(68-32-64-2)26-38(42(34)37)44-43(52)45-39(27-53-44)46(55-48(54-45)67-31-50(12-13-50)30-57-20-22-65-23-21-57)60-14-7-15-61-35(28-60)25-41(56-61)47(62)58-16-18-59(19-17-58)49(63)66-29-33-8-5-4-6-9-33/h4-6,8-11,24-27H,3,7,12-23,28-32H2,1-2H3. The molecule has 6 heterocycles. The summed E-state index contributed by atoms with van der Waals surface area (Å²) in [5.74, 6) is -0.491. The molecule has 3 fully saturated rings. The number of aromatic nitrogens is 5. The zero-order valence-corrected chi connectivity index (χ0v) is 38.4. The first-order valence-corrected chi connectivity index (χ1v) is 23.4. The van der Waals surface area contributed by atoms with Crippen molar-refractivity contribution in [3.8, 4) is 23.0 Å². The molecule has 1 aliphatic carbocycles. The summed E-state index contributed by atoms with van der Waals surface area (Å²) in [5, 5.41) is 6.32. The number of carbonyl (C=O) groups is 2. The Hall–Kier alpha value is -6.50. The van der Waals surface area contributed by atoms with Crippen molar-refractivity contribution in [3.63, 3.8) is 0 Å². The summed E-state index contributed by atoms with van der Waals surface area (Å²) in [7, 11) is 1.51. The first kappa shape index (κ1) is 45.3. The number of fused-ring (bicyclic) bond motifs is 3. The van der Waals surface area contributed by atoms with E-state index in [4.69, 9.17) is 43.7 Å². The molecule has 356 valence electrons. The quantitative estimate of drug-likeness (QED) is 0.105. The number of nitrogens with zero attached hydrogens (tertiary/aromatic N) is 9. The van der Waals surface area contributed by atoms with Gasteiger partial charge in [0.2, 0.25) is 0 Å². The van der Waals surface area contributed by atoms with E-state index in [0.29, 0.717) is 123 Å². The number of hydrogen-bond acceptors (Lipinski definition) is 13. The van der Waals surface area contributed by atoms with Crippen LogP contribution in [0.5, 0.6) is 11.8 Å². The van der Waals surface area contributed by atoms with Gasteiger partial charge in [0.05, 0.1) is 37.4 Å². The van der Waals surface area contributed by atoms with E-state index in [0.717, 1.165) is 43.7 Å². The second kappa shape index (κ2) is 19.6. The third-order valence-corrected chi connectivity index (χ3v) is 13.4. The Morgan fingerprint density at radius 3 is 2.44 bits per heavy atom. The minimum absolute atomic E-state index is 0.00977. The summed E-state index contributed by atoms with van der Waals surface area (Å²) >= 11 is 0. The zero-order chi connectivity index (χ0) is 46.8. The molecule has 2 amide bonds. The number of halogens is 2. The highest BCUT2D eigenvalue weighted by Crippen LogP contribution is 2.47. The van der Waals surface area contributed by atoms with Crippen molar-refractivity contribution in [1.82, 2.24) is 39.4 Å². The van der Waals surface area contributed by atoms with E-state index in [1.807, 2.05) is 46.8 Å². The van der Waals surface area contributed by atoms with Crippen molar-refractivity contribution in [2.75, 3.05) is 91.0 Å². The number of rotatable bonds is 14. The molecule has 0 atom stereocenters. The molecule has 3 aliphatic heterocycles. The van der Waals surface area contributed by atoms with Gasteiger partial charge in [0, 0.05) is 83.2 Å². The first-order valence-electron chi connectivity index (χ1n) is 23.4. The Kier molecular flexibility index (Phi) is 13.1. The molecule has 3 aromatic carbocycles. The van der Waals surface area contributed by atoms with E-state index >= 15 is 8.78 Å². The lowest BCUT2D eigenvalue weighted by molar-refractivity contribution is 0.0231. The molecule has 6 aromatic rings. The Bertz CT molecular complexity index is 2810. The molecule has 0 N–H and O–H groups in total. The maximum Gasteiger partial charge on any atom is 0.410 e. The van der Waals surface area contributed by atoms with Gasteiger partial charge < -0.3 is 38.4 Å². The van der Waals surface area contributed by atoms with E-state index in [2.05, 4.69) is 4.90 Å². The molecule has 18 heteroatoms. The van der Waals surface area contributed by atoms with Crippen molar-refractivity contribution in [2.24, 2.45) is 5.41 Å². The van der Waals surface area contributed by atoms with Gasteiger partial charge >= 0.3 is 12.1 Å². The van der Waals surface area contributed by atoms with Crippen LogP contribution in [0.3, 0.4) is 0 Å². The van der Waals surface area contributed by atoms with Crippen molar-refractivity contribution in [2.45, 2.75) is 52.3 Å². The first-order chi connectivity index (χ1) is 33.2. The van der Waals surface area contributed by atoms with Crippen LogP contribution in [-0.4, -0.2) is 138 Å². The number of aryl methyl sites for hydroxylation is 2. The van der Waals surface area contributed by atoms with Crippen LogP contribution in [0.2, 0.25) is 0 Å². The van der Waals surface area contributed by atoms with E-state index in [-0.39, 0.29) is 41.9 Å². The average molecular weight is 932 g/mol. The number of morpholine rings is 1. The summed E-state index contributed by atoms with van der Waals surface area (Å²) in [6.45, 7) is 9.06. The van der Waals surface area contributed by atoms with E-state index in [1.54, 1.807) is 40.3 Å². The van der Waals surface area contributed by atoms with Crippen molar-refractivity contribution < 1.29 is 42.1 Å². The number of carbonyl (C=O) groups excluding carboxylic acids is 2. The third-order valence-electron chi connectivity index (χ3n) is 13.4. The number of amides is 2. The minimum Gasteiger partial charge on any atom is -0.468 e. The van der Waals surface area contributed by atoms with Gasteiger partial charge in [0.15, 0.2) is 18.3 Å². The second-order valence-corrected chi connectivity index (χ2v) is 18.0. The maximum atomic E-state index is 17.6. The number of piperazine rings is 1. The summed E-state index contributed by atoms with van der Waals surface area (Å²) in [5.41, 5.74) is 2.69. The molecule has 0 unspecified atom stereocenters. The molecule has 3 aromatic heterocycles. The van der Waals surface area contributed by atoms with Gasteiger partial charge in [-0.1, -0.05) is 43.3 Å². The van der Waals surface area contributed by atoms with Crippen LogP contribution in [0.25, 0.3) is 32.9 Å². The Morgan fingerprint density at radius 1 is 0.882 bits per heavy atom. The van der Waals surface area contributed by atoms with E-state index in [9.17, 15) is 9.59 Å². The van der Waals surface area contributed by atoms with Crippen molar-refractivity contribution in [3.05, 3.63) is 101 Å². The van der Waals surface area contributed by atoms with Crippen LogP contribution in [0, 0.1) is 17.0 Å². The molecule has 1 saturated carbocycles. The van der Waals surface area contributed by atoms with E-state index < -0.39 is 17.7 Å². The van der Waals surface area contributed by atoms with Gasteiger partial charge in [-0.05, 0) is 71.8 Å². The molecular weight excluding hydrogens is 877 g/mol. The summed E-state index contributed by atoms with van der Waals surface area (Å²) in [6.07, 6.45) is 4.15. The molecule has 68 heavy (non-hydrogen) atoms. The molecule has 0 radical (unpaired) electrons. The highest BCUT2D eigenvalue weighted by molar-refractivity contribution is 6.02. The Balaban J connectivity index is 0.946. The smallest absolute Gasteiger partial charge is 0.410 e. The molecular formula is C50H55F2N9O7. The summed E-state index contributed by atoms with van der Waals surface area (Å²) in [4.78, 5) is 49.0. The van der Waals surface area contributed by atoms with Crippen LogP contribution in [-0.2, 0) is 40.3 Å². The van der Waals surface area contributed by atoms with Gasteiger partial charge in [0.25, 0.3) is 5.91 Å². The third kappa shape index (κ3) is 9.49. The highest BCUT2D eigenvalue weighted by atomic mass is 19.1. The lowest BCUT2D eigenvalue weighted by Crippen LogP contribution is -2.50. The zero-order valence-electron chi connectivity index (χ0n) is 38.4. The van der Waals surface area contributed by atoms with Gasteiger partial charge in [-0.25, -0.2) is 13.6 Å². The van der Waals surface area contributed by atoms with Crippen LogP contribution in [0.4, 0.5) is 19.4 Å². The molecule has 10 rings (SSSR count). The number of benzene rings is 3. The monoisotopic (exact) mass is 931 g/mol. The predicted molar refractivity (Wildman–Crippen MR) is 248 cm³/mol. The maximum absolute atomic E-state index is 17.6. The summed E-state index contributed by atoms with van der Waals surface area (Å²) < 4.78 is 63.5. The molecule has 0 spiro atoms. The number of pyridine rings is 1. The largest absolute Gasteiger partial charge is 0.468 e. The Morgan fingerprint density at radius 2 is 1.68 bits per heavy atom. The number of anilines is 1. The number of methoxy groups -OCH3 is 1. The lowest BCUT2D eigenvalue weighted by atomic mass is 9.94. The van der Waals surface area contributed by atoms with Crippen LogP contribution in [0.1, 0.15) is 53.5 Å². The normalized spacial score (nSPS) is 17.3. The number of ether oxygens (including phenoxy) is 5. The predicted octanol–water partition coefficient (Wildman–Crippen LogP) is 6.86. The second-order valence-electron chi connectivity index (χ2n) is 18.0. The van der Waals surface area contributed by atoms with Crippen molar-refractivity contribution in [1.29, 1.82) is 0 Å². The minimum atomic E-state index is -0.709. The molecule has 2 saturated heterocycles. The fourth-order valence-electron chi connectivity index (χ4n) is 9.53. The van der Waals surface area contributed by atoms with Crippen molar-refractivity contribution >= 4 is 39.5 Å². The molecule has 4 aliphatic rings. The fourth-order valence-corrected chi connectivity index (χ4v) is 9.53. The lowest BCUT2D eigenvalue weighted by Gasteiger charge is -2.33. The van der Waals surface area contributed by atoms with Gasteiger partial charge in [-0.3, -0.25) is 19.4 Å². The fraction of sp³-hybridized carbons (Fsp3) is 0.440. The highest BCUT2D eigenvalue weighted by Gasteiger charge is 2.45. The SMILES string of the molecule is CCc1c(F)ccc2cc(OCOC)cc(-c3ncc4c(N5CCCn6nc(C(=O)N7CCN(C(=O)OCc8ccccc8)CC7)cc6C5)nc(OCC5(CN6CCOCC6)CC5)nc4c3F)c12. The average Bonchev–Trinajstić information content (AvgIpc) is 4.07. The van der Waals surface area contributed by atoms with Gasteiger partial charge in [-0.15, -0.1) is 0 Å². The van der Waals surface area contributed by atoms with Gasteiger partial charge in [-0.2, -0.15) is 15.1 Å². The topological polar surface area (TPSA) is 150 Å². The van der Waals surface area contributed by atoms with Gasteiger partial charge in [0.1, 0.15) is 35.2 Å². The molecule has 0 bridgehead atoms. The van der Waals surface area contributed by atoms with E-state index in [1.165, 1.54) is 13.2 Å². The Labute approximate surface area is 392 Å². The number of hydrogen-bond donors (Lipinski definition) is 0. The summed E-state index contributed by atoms with van der Waals surface area (Å²) in [6, 6.07) is 17.8. The van der Waals surface area contributed by atoms with Crippen LogP contribution >= 0.6 is 0 Å². The molecule has 16 nitrogen and oxygen atoms in total. The van der Waals surface area contributed by atoms with Crippen LogP contribution in [0.15, 0.2) is 66.9 Å². The van der Waals surface area contributed by atoms with Crippen LogP contribution < -0.4 is 14.4 Å².